The van der Waals surface area contributed by atoms with Gasteiger partial charge in [-0.25, -0.2) is 0 Å². The Labute approximate surface area is 100 Å². The summed E-state index contributed by atoms with van der Waals surface area (Å²) in [4.78, 5) is 24.8. The molecule has 0 atom stereocenters. The molecule has 0 aromatic heterocycles. The van der Waals surface area contributed by atoms with Crippen molar-refractivity contribution in [1.29, 1.82) is 0 Å². The van der Waals surface area contributed by atoms with Gasteiger partial charge in [0, 0.05) is 12.6 Å². The predicted molar refractivity (Wildman–Crippen MR) is 64.6 cm³/mol. The summed E-state index contributed by atoms with van der Waals surface area (Å²) >= 11 is 0. The Morgan fingerprint density at radius 1 is 1.35 bits per heavy atom. The number of benzene rings is 1. The lowest BCUT2D eigenvalue weighted by Gasteiger charge is -2.36. The molecule has 4 nitrogen and oxygen atoms in total. The molecule has 17 heavy (non-hydrogen) atoms. The molecule has 1 heterocycles. The Morgan fingerprint density at radius 3 is 2.59 bits per heavy atom. The fraction of sp³-hybridized carbons (Fsp3) is 0.385. The second-order valence-corrected chi connectivity index (χ2v) is 4.72. The molecule has 0 unspecified atom stereocenters. The smallest absolute Gasteiger partial charge is 0.270 e. The van der Waals surface area contributed by atoms with Crippen LogP contribution >= 0.6 is 0 Å². The monoisotopic (exact) mass is 233 g/mol. The Balaban J connectivity index is 2.54. The highest BCUT2D eigenvalue weighted by Crippen LogP contribution is 2.37. The van der Waals surface area contributed by atoms with Gasteiger partial charge in [0.2, 0.25) is 0 Å². The first-order valence-corrected chi connectivity index (χ1v) is 5.45. The quantitative estimate of drug-likeness (QED) is 0.697. The van der Waals surface area contributed by atoms with E-state index in [1.54, 1.807) is 44.0 Å². The maximum absolute atomic E-state index is 12.0. The number of ketones is 1. The summed E-state index contributed by atoms with van der Waals surface area (Å²) in [7, 11) is 1.71. The molecule has 0 saturated carbocycles. The number of hydrogen-bond acceptors (Lipinski definition) is 3. The van der Waals surface area contributed by atoms with Gasteiger partial charge < -0.3 is 9.64 Å². The van der Waals surface area contributed by atoms with E-state index in [1.807, 2.05) is 0 Å². The van der Waals surface area contributed by atoms with E-state index in [-0.39, 0.29) is 11.7 Å². The Morgan fingerprint density at radius 2 is 2.00 bits per heavy atom. The van der Waals surface area contributed by atoms with E-state index in [9.17, 15) is 9.59 Å². The summed E-state index contributed by atoms with van der Waals surface area (Å²) in [5.74, 6) is 0.458. The first kappa shape index (κ1) is 11.6. The van der Waals surface area contributed by atoms with Crippen LogP contribution in [0.4, 0.5) is 5.69 Å². The highest BCUT2D eigenvalue weighted by molar-refractivity contribution is 6.03. The highest BCUT2D eigenvalue weighted by atomic mass is 16.5. The van der Waals surface area contributed by atoms with E-state index >= 15 is 0 Å². The van der Waals surface area contributed by atoms with E-state index in [1.165, 1.54) is 6.92 Å². The number of carbonyl (C=O) groups excluding carboxylic acids is 2. The van der Waals surface area contributed by atoms with Crippen LogP contribution in [0.3, 0.4) is 0 Å². The fourth-order valence-corrected chi connectivity index (χ4v) is 1.92. The number of hydrogen-bond donors (Lipinski definition) is 0. The minimum absolute atomic E-state index is 0.0197. The lowest BCUT2D eigenvalue weighted by molar-refractivity contribution is -0.132. The molecule has 0 bridgehead atoms. The number of ether oxygens (including phenoxy) is 1. The van der Waals surface area contributed by atoms with Gasteiger partial charge in [0.05, 0.1) is 5.69 Å². The zero-order chi connectivity index (χ0) is 12.8. The van der Waals surface area contributed by atoms with Crippen molar-refractivity contribution in [3.63, 3.8) is 0 Å². The van der Waals surface area contributed by atoms with Crippen molar-refractivity contribution in [2.24, 2.45) is 0 Å². The molecular weight excluding hydrogens is 218 g/mol. The number of anilines is 1. The summed E-state index contributed by atoms with van der Waals surface area (Å²) in [6.45, 7) is 4.94. The van der Waals surface area contributed by atoms with Crippen LogP contribution in [0.1, 0.15) is 31.1 Å². The van der Waals surface area contributed by atoms with E-state index in [2.05, 4.69) is 0 Å². The summed E-state index contributed by atoms with van der Waals surface area (Å²) in [6, 6.07) is 5.12. The number of fused-ring (bicyclic) bond motifs is 1. The van der Waals surface area contributed by atoms with Gasteiger partial charge in [0.1, 0.15) is 5.75 Å². The first-order valence-electron chi connectivity index (χ1n) is 5.45. The summed E-state index contributed by atoms with van der Waals surface area (Å²) in [5, 5.41) is 0. The third kappa shape index (κ3) is 1.79. The SMILES string of the molecule is CC(=O)c1ccc2c(c1)OC(C)(C)C(=O)N2C. The number of amides is 1. The van der Waals surface area contributed by atoms with Gasteiger partial charge in [0.25, 0.3) is 5.91 Å². The van der Waals surface area contributed by atoms with Gasteiger partial charge in [0.15, 0.2) is 11.4 Å². The molecule has 1 aromatic rings. The second kappa shape index (κ2) is 3.58. The van der Waals surface area contributed by atoms with Crippen LogP contribution in [0, 0.1) is 0 Å². The highest BCUT2D eigenvalue weighted by Gasteiger charge is 2.39. The lowest BCUT2D eigenvalue weighted by Crippen LogP contribution is -2.50. The molecule has 0 spiro atoms. The molecule has 1 aliphatic rings. The first-order chi connectivity index (χ1) is 7.83. The fourth-order valence-electron chi connectivity index (χ4n) is 1.92. The predicted octanol–water partition coefficient (Wildman–Crippen LogP) is 2.02. The molecule has 2 rings (SSSR count). The average Bonchev–Trinajstić information content (AvgIpc) is 2.25. The van der Waals surface area contributed by atoms with Gasteiger partial charge in [-0.15, -0.1) is 0 Å². The molecule has 1 aromatic carbocycles. The second-order valence-electron chi connectivity index (χ2n) is 4.72. The van der Waals surface area contributed by atoms with Crippen molar-refractivity contribution < 1.29 is 14.3 Å². The summed E-state index contributed by atoms with van der Waals surface area (Å²) < 4.78 is 5.65. The Kier molecular flexibility index (Phi) is 2.45. The van der Waals surface area contributed by atoms with Crippen LogP contribution in [0.25, 0.3) is 0 Å². The molecule has 1 aliphatic heterocycles. The average molecular weight is 233 g/mol. The normalized spacial score (nSPS) is 17.4. The third-order valence-electron chi connectivity index (χ3n) is 2.91. The van der Waals surface area contributed by atoms with Gasteiger partial charge in [-0.2, -0.15) is 0 Å². The number of likely N-dealkylation sites (N-methyl/N-ethyl adjacent to an activating group) is 1. The standard InChI is InChI=1S/C13H15NO3/c1-8(15)9-5-6-10-11(7-9)17-13(2,3)12(16)14(10)4/h5-7H,1-4H3. The van der Waals surface area contributed by atoms with Crippen molar-refractivity contribution >= 4 is 17.4 Å². The van der Waals surface area contributed by atoms with Crippen LogP contribution in [0.5, 0.6) is 5.75 Å². The molecule has 4 heteroatoms. The minimum atomic E-state index is -0.892. The zero-order valence-corrected chi connectivity index (χ0v) is 10.4. The third-order valence-corrected chi connectivity index (χ3v) is 2.91. The number of rotatable bonds is 1. The van der Waals surface area contributed by atoms with Crippen LogP contribution < -0.4 is 9.64 Å². The van der Waals surface area contributed by atoms with Gasteiger partial charge in [-0.1, -0.05) is 0 Å². The molecule has 0 aliphatic carbocycles. The van der Waals surface area contributed by atoms with Crippen molar-refractivity contribution in [3.8, 4) is 5.75 Å². The summed E-state index contributed by atoms with van der Waals surface area (Å²) in [5.41, 5.74) is 0.388. The van der Waals surface area contributed by atoms with E-state index < -0.39 is 5.60 Å². The van der Waals surface area contributed by atoms with Gasteiger partial charge >= 0.3 is 0 Å². The topological polar surface area (TPSA) is 46.6 Å². The van der Waals surface area contributed by atoms with Crippen molar-refractivity contribution in [2.75, 3.05) is 11.9 Å². The maximum Gasteiger partial charge on any atom is 0.270 e. The van der Waals surface area contributed by atoms with Crippen molar-refractivity contribution in [3.05, 3.63) is 23.8 Å². The van der Waals surface area contributed by atoms with E-state index in [0.717, 1.165) is 0 Å². The molecular formula is C13H15NO3. The van der Waals surface area contributed by atoms with E-state index in [4.69, 9.17) is 4.74 Å². The number of nitrogens with zero attached hydrogens (tertiary/aromatic N) is 1. The number of carbonyl (C=O) groups is 2. The van der Waals surface area contributed by atoms with Gasteiger partial charge in [-0.3, -0.25) is 9.59 Å². The lowest BCUT2D eigenvalue weighted by atomic mass is 10.0. The van der Waals surface area contributed by atoms with Crippen molar-refractivity contribution in [2.45, 2.75) is 26.4 Å². The maximum atomic E-state index is 12.0. The van der Waals surface area contributed by atoms with Crippen LogP contribution in [0.15, 0.2) is 18.2 Å². The Bertz CT molecular complexity index is 505. The molecule has 1 amide bonds. The minimum Gasteiger partial charge on any atom is -0.476 e. The molecule has 0 N–H and O–H groups in total. The largest absolute Gasteiger partial charge is 0.476 e. The van der Waals surface area contributed by atoms with Crippen LogP contribution in [-0.2, 0) is 4.79 Å². The van der Waals surface area contributed by atoms with E-state index in [0.29, 0.717) is 17.0 Å². The van der Waals surface area contributed by atoms with Crippen LogP contribution in [-0.4, -0.2) is 24.3 Å². The molecule has 0 radical (unpaired) electrons. The van der Waals surface area contributed by atoms with Crippen LogP contribution in [0.2, 0.25) is 0 Å². The Hall–Kier alpha value is -1.84. The van der Waals surface area contributed by atoms with Crippen molar-refractivity contribution in [1.82, 2.24) is 0 Å². The molecule has 0 saturated heterocycles. The molecule has 0 fully saturated rings. The zero-order valence-electron chi connectivity index (χ0n) is 10.4. The summed E-state index contributed by atoms with van der Waals surface area (Å²) in [6.07, 6.45) is 0. The number of Topliss-reactive ketones (excluding diaryl/α,β-unsaturated/α-hetero) is 1. The van der Waals surface area contributed by atoms with Gasteiger partial charge in [-0.05, 0) is 39.0 Å². The molecule has 90 valence electrons.